The van der Waals surface area contributed by atoms with Crippen LogP contribution in [0.3, 0.4) is 0 Å². The summed E-state index contributed by atoms with van der Waals surface area (Å²) in [5.74, 6) is 1.21. The third-order valence-electron chi connectivity index (χ3n) is 5.46. The Morgan fingerprint density at radius 2 is 2.03 bits per heavy atom. The average molecular weight is 452 g/mol. The Labute approximate surface area is 195 Å². The van der Waals surface area contributed by atoms with Crippen LogP contribution >= 0.6 is 0 Å². The van der Waals surface area contributed by atoms with Gasteiger partial charge in [-0.2, -0.15) is 0 Å². The minimum atomic E-state index is -0.279. The van der Waals surface area contributed by atoms with E-state index in [4.69, 9.17) is 15.2 Å². The zero-order valence-electron chi connectivity index (χ0n) is 19.5. The zero-order chi connectivity index (χ0) is 23.8. The molecule has 2 aromatic rings. The Morgan fingerprint density at radius 3 is 2.76 bits per heavy atom. The van der Waals surface area contributed by atoms with Crippen molar-refractivity contribution in [1.29, 1.82) is 0 Å². The van der Waals surface area contributed by atoms with Crippen molar-refractivity contribution in [2.24, 2.45) is 11.7 Å². The monoisotopic (exact) mass is 451 g/mol. The van der Waals surface area contributed by atoms with Crippen LogP contribution in [0.15, 0.2) is 48.5 Å². The van der Waals surface area contributed by atoms with Gasteiger partial charge in [-0.3, -0.25) is 14.5 Å². The van der Waals surface area contributed by atoms with E-state index in [9.17, 15) is 9.59 Å². The van der Waals surface area contributed by atoms with Gasteiger partial charge in [-0.05, 0) is 66.8 Å². The molecule has 0 unspecified atom stereocenters. The first-order valence-electron chi connectivity index (χ1n) is 11.3. The molecule has 176 valence electrons. The third kappa shape index (κ3) is 7.08. The number of carbonyl (C=O) groups excluding carboxylic acids is 2. The summed E-state index contributed by atoms with van der Waals surface area (Å²) >= 11 is 0. The molecule has 3 N–H and O–H groups in total. The van der Waals surface area contributed by atoms with E-state index < -0.39 is 0 Å². The van der Waals surface area contributed by atoms with Crippen molar-refractivity contribution in [1.82, 2.24) is 4.90 Å². The van der Waals surface area contributed by atoms with Gasteiger partial charge in [-0.25, -0.2) is 0 Å². The van der Waals surface area contributed by atoms with Gasteiger partial charge >= 0.3 is 0 Å². The van der Waals surface area contributed by atoms with Crippen molar-refractivity contribution in [3.05, 3.63) is 59.7 Å². The number of benzene rings is 2. The van der Waals surface area contributed by atoms with Crippen LogP contribution in [0.2, 0.25) is 0 Å². The van der Waals surface area contributed by atoms with E-state index in [-0.39, 0.29) is 17.9 Å². The first kappa shape index (κ1) is 24.3. The summed E-state index contributed by atoms with van der Waals surface area (Å²) < 4.78 is 11.2. The topological polar surface area (TPSA) is 93.9 Å². The second-order valence-corrected chi connectivity index (χ2v) is 8.67. The summed E-state index contributed by atoms with van der Waals surface area (Å²) in [5.41, 5.74) is 8.07. The van der Waals surface area contributed by atoms with E-state index in [2.05, 4.69) is 24.1 Å². The number of nitrogens with zero attached hydrogens (tertiary/aromatic N) is 1. The number of methoxy groups -OCH3 is 1. The first-order chi connectivity index (χ1) is 15.9. The van der Waals surface area contributed by atoms with Gasteiger partial charge in [0.05, 0.1) is 19.8 Å². The molecule has 1 aliphatic rings. The number of amides is 2. The maximum absolute atomic E-state index is 12.5. The number of primary amides is 1. The minimum absolute atomic E-state index is 0.217. The maximum Gasteiger partial charge on any atom is 0.248 e. The van der Waals surface area contributed by atoms with Crippen LogP contribution in [0.5, 0.6) is 11.5 Å². The number of hydrogen-bond acceptors (Lipinski definition) is 5. The smallest absolute Gasteiger partial charge is 0.248 e. The lowest BCUT2D eigenvalue weighted by molar-refractivity contribution is -0.122. The number of likely N-dealkylation sites (tertiary alicyclic amines) is 1. The van der Waals surface area contributed by atoms with Crippen molar-refractivity contribution >= 4 is 23.6 Å². The number of anilines is 1. The van der Waals surface area contributed by atoms with Gasteiger partial charge in [0.2, 0.25) is 11.8 Å². The van der Waals surface area contributed by atoms with Crippen LogP contribution < -0.4 is 20.5 Å². The van der Waals surface area contributed by atoms with Crippen LogP contribution in [0.25, 0.3) is 6.08 Å². The predicted octanol–water partition coefficient (Wildman–Crippen LogP) is 3.83. The van der Waals surface area contributed by atoms with Gasteiger partial charge in [-0.15, -0.1) is 0 Å². The maximum atomic E-state index is 12.5. The molecule has 1 atom stereocenters. The molecule has 1 fully saturated rings. The molecule has 0 saturated carbocycles. The van der Waals surface area contributed by atoms with Gasteiger partial charge in [0, 0.05) is 18.3 Å². The molecule has 0 aliphatic carbocycles. The van der Waals surface area contributed by atoms with Gasteiger partial charge in [0.1, 0.15) is 0 Å². The highest BCUT2D eigenvalue weighted by Gasteiger charge is 2.28. The van der Waals surface area contributed by atoms with Crippen molar-refractivity contribution < 1.29 is 19.1 Å². The van der Waals surface area contributed by atoms with E-state index in [1.165, 1.54) is 6.08 Å². The highest BCUT2D eigenvalue weighted by Crippen LogP contribution is 2.29. The van der Waals surface area contributed by atoms with Crippen molar-refractivity contribution in [2.45, 2.75) is 39.3 Å². The normalized spacial score (nSPS) is 16.3. The fourth-order valence-corrected chi connectivity index (χ4v) is 3.84. The second kappa shape index (κ2) is 11.5. The fourth-order valence-electron chi connectivity index (χ4n) is 3.84. The van der Waals surface area contributed by atoms with Crippen molar-refractivity contribution in [2.75, 3.05) is 25.6 Å². The number of carbonyl (C=O) groups is 2. The summed E-state index contributed by atoms with van der Waals surface area (Å²) in [6.07, 6.45) is 4.98. The van der Waals surface area contributed by atoms with Gasteiger partial charge in [0.15, 0.2) is 11.5 Å². The molecule has 0 spiro atoms. The largest absolute Gasteiger partial charge is 0.493 e. The Morgan fingerprint density at radius 1 is 1.21 bits per heavy atom. The predicted molar refractivity (Wildman–Crippen MR) is 130 cm³/mol. The minimum Gasteiger partial charge on any atom is -0.493 e. The lowest BCUT2D eigenvalue weighted by Crippen LogP contribution is -2.39. The third-order valence-corrected chi connectivity index (χ3v) is 5.46. The Bertz CT molecular complexity index is 1000. The molecule has 3 rings (SSSR count). The summed E-state index contributed by atoms with van der Waals surface area (Å²) in [5, 5.41) is 2.89. The molecule has 0 aromatic heterocycles. The summed E-state index contributed by atoms with van der Waals surface area (Å²) in [7, 11) is 1.60. The zero-order valence-corrected chi connectivity index (χ0v) is 19.5. The van der Waals surface area contributed by atoms with Crippen LogP contribution in [0.1, 0.15) is 37.8 Å². The van der Waals surface area contributed by atoms with E-state index >= 15 is 0 Å². The quantitative estimate of drug-likeness (QED) is 0.536. The number of rotatable bonds is 10. The van der Waals surface area contributed by atoms with E-state index in [1.54, 1.807) is 13.2 Å². The molecule has 1 heterocycles. The standard InChI is InChI=1S/C26H33N3O4/c1-18(2)17-33-23-11-9-19(15-24(23)32-3)10-12-25(30)28-21-7-4-6-20(14-21)16-29-13-5-8-22(29)26(27)31/h4,6-7,9-12,14-15,18,22H,5,8,13,16-17H2,1-3H3,(H2,27,31)(H,28,30)/b12-10+/t22-/m1/s1. The highest BCUT2D eigenvalue weighted by atomic mass is 16.5. The Balaban J connectivity index is 1.60. The summed E-state index contributed by atoms with van der Waals surface area (Å²) in [6, 6.07) is 13.0. The number of nitrogens with one attached hydrogen (secondary N) is 1. The van der Waals surface area contributed by atoms with Crippen LogP contribution in [0, 0.1) is 5.92 Å². The SMILES string of the molecule is COc1cc(/C=C/C(=O)Nc2cccc(CN3CCC[C@@H]3C(N)=O)c2)ccc1OCC(C)C. The van der Waals surface area contributed by atoms with E-state index in [0.717, 1.165) is 30.5 Å². The molecule has 0 bridgehead atoms. The van der Waals surface area contributed by atoms with Crippen LogP contribution in [-0.2, 0) is 16.1 Å². The molecule has 7 nitrogen and oxygen atoms in total. The fraction of sp³-hybridized carbons (Fsp3) is 0.385. The van der Waals surface area contributed by atoms with E-state index in [1.807, 2.05) is 42.5 Å². The van der Waals surface area contributed by atoms with Gasteiger partial charge in [0.25, 0.3) is 0 Å². The lowest BCUT2D eigenvalue weighted by Gasteiger charge is -2.22. The molecule has 1 aliphatic heterocycles. The number of nitrogens with two attached hydrogens (primary N) is 1. The van der Waals surface area contributed by atoms with Crippen LogP contribution in [-0.4, -0.2) is 43.0 Å². The number of ether oxygens (including phenoxy) is 2. The van der Waals surface area contributed by atoms with Crippen LogP contribution in [0.4, 0.5) is 5.69 Å². The summed E-state index contributed by atoms with van der Waals surface area (Å²) in [4.78, 5) is 26.2. The molecule has 7 heteroatoms. The Hall–Kier alpha value is -3.32. The second-order valence-electron chi connectivity index (χ2n) is 8.67. The molecule has 33 heavy (non-hydrogen) atoms. The molecular formula is C26H33N3O4. The molecule has 2 amide bonds. The van der Waals surface area contributed by atoms with E-state index in [0.29, 0.717) is 36.3 Å². The Kier molecular flexibility index (Phi) is 8.49. The van der Waals surface area contributed by atoms with Gasteiger partial charge in [-0.1, -0.05) is 32.0 Å². The highest BCUT2D eigenvalue weighted by molar-refractivity contribution is 6.02. The summed E-state index contributed by atoms with van der Waals surface area (Å²) in [6.45, 7) is 6.24. The molecule has 2 aromatic carbocycles. The first-order valence-corrected chi connectivity index (χ1v) is 11.3. The van der Waals surface area contributed by atoms with Crippen molar-refractivity contribution in [3.63, 3.8) is 0 Å². The molecule has 0 radical (unpaired) electrons. The van der Waals surface area contributed by atoms with Gasteiger partial charge < -0.3 is 20.5 Å². The molecular weight excluding hydrogens is 418 g/mol. The lowest BCUT2D eigenvalue weighted by atomic mass is 10.1. The van der Waals surface area contributed by atoms with Crippen molar-refractivity contribution in [3.8, 4) is 11.5 Å². The average Bonchev–Trinajstić information content (AvgIpc) is 3.25. The number of hydrogen-bond donors (Lipinski definition) is 2. The molecule has 1 saturated heterocycles.